The van der Waals surface area contributed by atoms with Gasteiger partial charge in [0.05, 0.1) is 53.0 Å². The third kappa shape index (κ3) is 5.20. The van der Waals surface area contributed by atoms with Crippen molar-refractivity contribution >= 4 is 62.6 Å². The summed E-state index contributed by atoms with van der Waals surface area (Å²) < 4.78 is 25.3. The van der Waals surface area contributed by atoms with E-state index in [1.54, 1.807) is 39.0 Å². The molecular formula is C29H33BrN7O3P. The van der Waals surface area contributed by atoms with Crippen LogP contribution in [0.4, 0.5) is 23.1 Å². The molecule has 10 nitrogen and oxygen atoms in total. The van der Waals surface area contributed by atoms with E-state index >= 15 is 0 Å². The summed E-state index contributed by atoms with van der Waals surface area (Å²) in [6.45, 7) is 10.5. The van der Waals surface area contributed by atoms with Crippen LogP contribution >= 0.6 is 23.1 Å². The van der Waals surface area contributed by atoms with Gasteiger partial charge in [-0.05, 0) is 84.9 Å². The van der Waals surface area contributed by atoms with Crippen LogP contribution in [0.2, 0.25) is 0 Å². The molecule has 2 aliphatic heterocycles. The maximum absolute atomic E-state index is 13.4. The molecule has 214 valence electrons. The monoisotopic (exact) mass is 637 g/mol. The smallest absolute Gasteiger partial charge is 0.229 e. The van der Waals surface area contributed by atoms with Gasteiger partial charge in [0.2, 0.25) is 5.95 Å². The zero-order valence-corrected chi connectivity index (χ0v) is 26.2. The van der Waals surface area contributed by atoms with Crippen LogP contribution in [0.3, 0.4) is 0 Å². The molecule has 12 heteroatoms. The van der Waals surface area contributed by atoms with Crippen molar-refractivity contribution in [2.24, 2.45) is 0 Å². The summed E-state index contributed by atoms with van der Waals surface area (Å²) in [5.74, 6) is 1.64. The highest BCUT2D eigenvalue weighted by atomic mass is 79.9. The highest BCUT2D eigenvalue weighted by molar-refractivity contribution is 9.10. The van der Waals surface area contributed by atoms with E-state index in [1.165, 1.54) is 11.1 Å². The van der Waals surface area contributed by atoms with Crippen molar-refractivity contribution < 1.29 is 14.0 Å². The molecule has 1 saturated heterocycles. The number of benzene rings is 2. The predicted molar refractivity (Wildman–Crippen MR) is 166 cm³/mol. The third-order valence-electron chi connectivity index (χ3n) is 7.88. The van der Waals surface area contributed by atoms with Crippen LogP contribution < -0.4 is 20.7 Å². The van der Waals surface area contributed by atoms with Crippen molar-refractivity contribution in [3.63, 3.8) is 0 Å². The third-order valence-corrected chi connectivity index (χ3v) is 9.99. The molecule has 41 heavy (non-hydrogen) atoms. The maximum atomic E-state index is 13.4. The van der Waals surface area contributed by atoms with E-state index in [-0.39, 0.29) is 5.54 Å². The lowest BCUT2D eigenvalue weighted by atomic mass is 9.81. The summed E-state index contributed by atoms with van der Waals surface area (Å²) >= 11 is 3.57. The first-order valence-electron chi connectivity index (χ1n) is 13.5. The normalized spacial score (nSPS) is 17.1. The molecule has 6 rings (SSSR count). The largest absolute Gasteiger partial charge is 0.495 e. The molecule has 0 spiro atoms. The summed E-state index contributed by atoms with van der Waals surface area (Å²) in [4.78, 5) is 20.7. The fraction of sp³-hybridized carbons (Fsp3) is 0.379. The number of nitrogens with zero attached hydrogens (tertiary/aromatic N) is 5. The van der Waals surface area contributed by atoms with Crippen molar-refractivity contribution in [1.29, 1.82) is 0 Å². The Morgan fingerprint density at radius 2 is 1.88 bits per heavy atom. The van der Waals surface area contributed by atoms with E-state index in [1.807, 2.05) is 12.1 Å². The van der Waals surface area contributed by atoms with Gasteiger partial charge >= 0.3 is 0 Å². The Labute approximate surface area is 247 Å². The number of hydrogen-bond acceptors (Lipinski definition) is 10. The van der Waals surface area contributed by atoms with Crippen molar-refractivity contribution in [3.8, 4) is 5.75 Å². The minimum Gasteiger partial charge on any atom is -0.495 e. The fourth-order valence-corrected chi connectivity index (χ4v) is 7.50. The minimum atomic E-state index is -2.73. The maximum Gasteiger partial charge on any atom is 0.229 e. The van der Waals surface area contributed by atoms with Crippen molar-refractivity contribution in [1.82, 2.24) is 24.8 Å². The van der Waals surface area contributed by atoms with Gasteiger partial charge in [-0.3, -0.25) is 14.9 Å². The molecule has 0 saturated carbocycles. The number of halogens is 1. The van der Waals surface area contributed by atoms with Crippen LogP contribution in [0.5, 0.6) is 5.75 Å². The number of ether oxygens (including phenoxy) is 2. The second kappa shape index (κ2) is 10.6. The SMILES string of the molecule is COc1cc2c(cc1Nc1ncc(Br)c(Nc3ccc4nccnc4c3P(C)(C)=O)n1)CCN(C1COC1)C2(C)C. The molecule has 0 atom stereocenters. The quantitative estimate of drug-likeness (QED) is 0.255. The summed E-state index contributed by atoms with van der Waals surface area (Å²) in [5, 5.41) is 7.35. The molecule has 2 N–H and O–H groups in total. The molecule has 2 aliphatic rings. The number of nitrogens with one attached hydrogen (secondary N) is 2. The van der Waals surface area contributed by atoms with Gasteiger partial charge in [0.25, 0.3) is 0 Å². The Kier molecular flexibility index (Phi) is 7.26. The first-order chi connectivity index (χ1) is 19.6. The molecule has 0 amide bonds. The van der Waals surface area contributed by atoms with Gasteiger partial charge < -0.3 is 24.7 Å². The van der Waals surface area contributed by atoms with Crippen molar-refractivity contribution in [2.75, 3.05) is 50.8 Å². The van der Waals surface area contributed by atoms with Gasteiger partial charge in [-0.1, -0.05) is 0 Å². The van der Waals surface area contributed by atoms with E-state index in [0.717, 1.165) is 37.6 Å². The number of rotatable bonds is 7. The van der Waals surface area contributed by atoms with Gasteiger partial charge in [0.1, 0.15) is 24.2 Å². The average Bonchev–Trinajstić information content (AvgIpc) is 2.90. The Bertz CT molecular complexity index is 1690. The number of anilines is 4. The minimum absolute atomic E-state index is 0.140. The molecular weight excluding hydrogens is 605 g/mol. The summed E-state index contributed by atoms with van der Waals surface area (Å²) in [5.41, 5.74) is 5.14. The number of fused-ring (bicyclic) bond motifs is 2. The van der Waals surface area contributed by atoms with Gasteiger partial charge in [-0.2, -0.15) is 4.98 Å². The Hall–Kier alpha value is -3.11. The molecule has 2 aromatic heterocycles. The lowest BCUT2D eigenvalue weighted by Gasteiger charge is -2.50. The fourth-order valence-electron chi connectivity index (χ4n) is 5.82. The van der Waals surface area contributed by atoms with Gasteiger partial charge in [0.15, 0.2) is 0 Å². The van der Waals surface area contributed by atoms with Crippen LogP contribution in [0, 0.1) is 0 Å². The molecule has 0 unspecified atom stereocenters. The Morgan fingerprint density at radius 3 is 2.59 bits per heavy atom. The predicted octanol–water partition coefficient (Wildman–Crippen LogP) is 5.42. The molecule has 0 radical (unpaired) electrons. The van der Waals surface area contributed by atoms with Crippen molar-refractivity contribution in [3.05, 3.63) is 58.5 Å². The molecule has 0 aliphatic carbocycles. The van der Waals surface area contributed by atoms with Gasteiger partial charge in [-0.15, -0.1) is 0 Å². The first-order valence-corrected chi connectivity index (χ1v) is 16.9. The van der Waals surface area contributed by atoms with E-state index in [4.69, 9.17) is 14.5 Å². The highest BCUT2D eigenvalue weighted by Gasteiger charge is 2.41. The van der Waals surface area contributed by atoms with E-state index < -0.39 is 7.14 Å². The Morgan fingerprint density at radius 1 is 1.10 bits per heavy atom. The van der Waals surface area contributed by atoms with Crippen LogP contribution in [0.1, 0.15) is 25.0 Å². The second-order valence-corrected chi connectivity index (χ2v) is 15.3. The summed E-state index contributed by atoms with van der Waals surface area (Å²) in [6.07, 6.45) is 5.86. The lowest BCUT2D eigenvalue weighted by Crippen LogP contribution is -2.58. The summed E-state index contributed by atoms with van der Waals surface area (Å²) in [6, 6.07) is 8.45. The molecule has 4 aromatic rings. The molecule has 4 heterocycles. The van der Waals surface area contributed by atoms with E-state index in [0.29, 0.717) is 44.3 Å². The van der Waals surface area contributed by atoms with Crippen LogP contribution in [-0.2, 0) is 21.3 Å². The highest BCUT2D eigenvalue weighted by Crippen LogP contribution is 2.43. The van der Waals surface area contributed by atoms with Gasteiger partial charge in [-0.25, -0.2) is 4.98 Å². The van der Waals surface area contributed by atoms with Gasteiger partial charge in [0, 0.05) is 30.7 Å². The van der Waals surface area contributed by atoms with Crippen LogP contribution in [0.15, 0.2) is 47.3 Å². The summed E-state index contributed by atoms with van der Waals surface area (Å²) in [7, 11) is -1.05. The Balaban J connectivity index is 1.33. The van der Waals surface area contributed by atoms with E-state index in [2.05, 4.69) is 72.4 Å². The molecule has 1 fully saturated rings. The van der Waals surface area contributed by atoms with Crippen LogP contribution in [0.25, 0.3) is 11.0 Å². The van der Waals surface area contributed by atoms with Crippen molar-refractivity contribution in [2.45, 2.75) is 31.8 Å². The lowest BCUT2D eigenvalue weighted by molar-refractivity contribution is -0.102. The zero-order chi connectivity index (χ0) is 28.9. The first kappa shape index (κ1) is 28.0. The molecule has 0 bridgehead atoms. The number of methoxy groups -OCH3 is 1. The van der Waals surface area contributed by atoms with E-state index in [9.17, 15) is 4.57 Å². The number of hydrogen-bond donors (Lipinski definition) is 2. The topological polar surface area (TPSA) is 114 Å². The number of aromatic nitrogens is 4. The zero-order valence-electron chi connectivity index (χ0n) is 23.7. The van der Waals surface area contributed by atoms with Crippen LogP contribution in [-0.4, -0.2) is 71.1 Å². The standard InChI is InChI=1S/C29H33BrN7O3P/c1-29(2)19-13-24(39-3)23(12-17(19)8-11-37(29)18-15-40-16-18)35-28-33-14-20(30)27(36-28)34-22-7-6-21-25(32-10-9-31-21)26(22)41(4,5)38/h6-7,9-10,12-14,18H,8,11,15-16H2,1-5H3,(H2,33,34,35,36). The average molecular weight is 639 g/mol. The second-order valence-electron chi connectivity index (χ2n) is 11.3. The molecule has 2 aromatic carbocycles.